The second-order valence-corrected chi connectivity index (χ2v) is 21.8. The molecule has 16 nitrogen and oxygen atoms in total. The molecule has 0 aliphatic carbocycles. The van der Waals surface area contributed by atoms with Crippen molar-refractivity contribution in [2.75, 3.05) is 105 Å². The van der Waals surface area contributed by atoms with Crippen LogP contribution in [0.3, 0.4) is 0 Å². The average molecular weight is 1050 g/mol. The number of likely N-dealkylation sites (tertiary alicyclic amines) is 2. The maximum absolute atomic E-state index is 15.0. The van der Waals surface area contributed by atoms with E-state index in [1.54, 1.807) is 11.0 Å². The molecule has 380 valence electrons. The predicted octanol–water partition coefficient (Wildman–Crippen LogP) is 4.77. The van der Waals surface area contributed by atoms with Crippen molar-refractivity contribution in [1.82, 2.24) is 29.4 Å². The molecule has 4 bridgehead atoms. The summed E-state index contributed by atoms with van der Waals surface area (Å²) in [4.78, 5) is 76.3. The molecule has 0 radical (unpaired) electrons. The van der Waals surface area contributed by atoms with E-state index in [4.69, 9.17) is 15.3 Å². The number of alkyl halides is 3. The number of hydrogen-bond donors (Lipinski definition) is 1. The number of aliphatic carboxylic acids is 1. The normalized spacial score (nSPS) is 23.7. The predicted molar refractivity (Wildman–Crippen MR) is 257 cm³/mol. The Bertz CT molecular complexity index is 2390. The zero-order valence-corrected chi connectivity index (χ0v) is 42.6. The number of fused-ring (bicyclic) bond motifs is 7. The second-order valence-electron chi connectivity index (χ2n) is 19.1. The molecule has 71 heavy (non-hydrogen) atoms. The van der Waals surface area contributed by atoms with Crippen LogP contribution in [0.15, 0.2) is 60.7 Å². The summed E-state index contributed by atoms with van der Waals surface area (Å²) in [6.45, 7) is 7.03. The topological polar surface area (TPSA) is 162 Å². The first-order valence-corrected chi connectivity index (χ1v) is 27.5. The molecule has 1 N–H and O–H groups in total. The van der Waals surface area contributed by atoms with Gasteiger partial charge in [0.15, 0.2) is 0 Å². The third kappa shape index (κ3) is 14.3. The molecule has 20 heteroatoms. The van der Waals surface area contributed by atoms with Crippen LogP contribution in [-0.2, 0) is 47.3 Å². The Balaban J connectivity index is 0.957. The first-order chi connectivity index (χ1) is 34.1. The van der Waals surface area contributed by atoms with E-state index in [9.17, 15) is 42.3 Å². The van der Waals surface area contributed by atoms with Crippen LogP contribution < -0.4 is 4.74 Å². The first-order valence-electron chi connectivity index (χ1n) is 24.6. The molecule has 5 fully saturated rings. The molecule has 5 saturated heterocycles. The molecule has 3 aromatic rings. The second kappa shape index (κ2) is 24.0. The molecule has 3 atom stereocenters. The van der Waals surface area contributed by atoms with Crippen LogP contribution in [0.25, 0.3) is 23.3 Å². The summed E-state index contributed by atoms with van der Waals surface area (Å²) >= 11 is -4.00. The van der Waals surface area contributed by atoms with Gasteiger partial charge in [-0.25, -0.2) is 0 Å². The Morgan fingerprint density at radius 3 is 1.92 bits per heavy atom. The van der Waals surface area contributed by atoms with Crippen LogP contribution in [0.4, 0.5) is 13.2 Å². The molecule has 0 aromatic heterocycles. The number of ether oxygens (including phenoxy) is 1. The number of rotatable bonds is 11. The van der Waals surface area contributed by atoms with Gasteiger partial charge in [-0.2, -0.15) is 13.2 Å². The van der Waals surface area contributed by atoms with Gasteiger partial charge < -0.3 is 9.84 Å². The van der Waals surface area contributed by atoms with Crippen molar-refractivity contribution in [2.45, 2.75) is 57.8 Å². The summed E-state index contributed by atoms with van der Waals surface area (Å²) in [5.41, 5.74) is 3.00. The summed E-state index contributed by atoms with van der Waals surface area (Å²) < 4.78 is 67.8. The van der Waals surface area contributed by atoms with Crippen LogP contribution in [-0.4, -0.2) is 192 Å². The van der Waals surface area contributed by atoms with Crippen molar-refractivity contribution < 1.29 is 57.6 Å². The maximum atomic E-state index is 15.0. The van der Waals surface area contributed by atoms with E-state index in [2.05, 4.69) is 0 Å². The molecular weight excluding hydrogens is 983 g/mol. The van der Waals surface area contributed by atoms with E-state index < -0.39 is 59.0 Å². The van der Waals surface area contributed by atoms with E-state index in [0.717, 1.165) is 34.7 Å². The van der Waals surface area contributed by atoms with Gasteiger partial charge >= 0.3 is 212 Å². The zero-order chi connectivity index (χ0) is 50.1. The van der Waals surface area contributed by atoms with E-state index in [-0.39, 0.29) is 68.0 Å². The van der Waals surface area contributed by atoms with Gasteiger partial charge in [0.1, 0.15) is 11.8 Å². The molecule has 1 amide bonds. The average Bonchev–Trinajstić information content (AvgIpc) is 3.37. The summed E-state index contributed by atoms with van der Waals surface area (Å²) in [5, 5.41) is 10.0. The Morgan fingerprint density at radius 2 is 1.32 bits per heavy atom. The van der Waals surface area contributed by atoms with Gasteiger partial charge in [0.05, 0.1) is 12.2 Å². The number of halogens is 3. The fourth-order valence-corrected chi connectivity index (χ4v) is 12.1. The number of carboxylic acids is 1. The zero-order valence-electron chi connectivity index (χ0n) is 40.2. The molecule has 2 unspecified atom stereocenters. The monoisotopic (exact) mass is 1040 g/mol. The number of hydrogen-bond acceptors (Lipinski definition) is 14. The summed E-state index contributed by atoms with van der Waals surface area (Å²) in [7, 11) is 0. The SMILES string of the molecule is Cc1c(/C=C/c2cc(OCC3CCN(C(=O)CN4CCN5CCN6CCN(CC4)CC(=O)[O][Ga]([O]C(=O)C6)[O]C(=O)C5)CC3)c(CN3CCCC[C@H]3C(=O)O)cc2C(F)(F)F)cccc1-c1ccccc1. The van der Waals surface area contributed by atoms with Gasteiger partial charge in [-0.3, -0.25) is 9.69 Å². The molecule has 0 spiro atoms. The van der Waals surface area contributed by atoms with E-state index >= 15 is 0 Å². The molecule has 0 saturated carbocycles. The quantitative estimate of drug-likeness (QED) is 0.207. The fourth-order valence-electron chi connectivity index (χ4n) is 10.0. The number of amides is 1. The summed E-state index contributed by atoms with van der Waals surface area (Å²) in [5.74, 6) is -2.70. The van der Waals surface area contributed by atoms with Crippen molar-refractivity contribution in [3.8, 4) is 16.9 Å². The van der Waals surface area contributed by atoms with Crippen LogP contribution in [0.5, 0.6) is 5.75 Å². The fraction of sp³-hybridized carbons (Fsp3) is 0.510. The summed E-state index contributed by atoms with van der Waals surface area (Å²) in [6, 6.07) is 17.2. The van der Waals surface area contributed by atoms with Gasteiger partial charge in [0.25, 0.3) is 0 Å². The van der Waals surface area contributed by atoms with Gasteiger partial charge in [0, 0.05) is 12.1 Å². The van der Waals surface area contributed by atoms with E-state index in [1.165, 1.54) is 12.1 Å². The Kier molecular flexibility index (Phi) is 17.6. The molecule has 8 rings (SSSR count). The van der Waals surface area contributed by atoms with Crippen molar-refractivity contribution in [3.05, 3.63) is 88.5 Å². The molecule has 5 aliphatic heterocycles. The minimum Gasteiger partial charge on any atom is -0.480 e. The van der Waals surface area contributed by atoms with Crippen molar-refractivity contribution in [2.24, 2.45) is 5.92 Å². The number of carboxylic acid groups (broad SMARTS) is 1. The Hall–Kier alpha value is -5.22. The van der Waals surface area contributed by atoms with Crippen LogP contribution in [0, 0.1) is 12.8 Å². The third-order valence-corrected chi connectivity index (χ3v) is 17.1. The number of benzene rings is 3. The van der Waals surface area contributed by atoms with Crippen LogP contribution in [0.1, 0.15) is 59.9 Å². The minimum atomic E-state index is -4.71. The summed E-state index contributed by atoms with van der Waals surface area (Å²) in [6.07, 6.45) is 1.49. The molecule has 5 aliphatic rings. The van der Waals surface area contributed by atoms with Crippen LogP contribution >= 0.6 is 0 Å². The van der Waals surface area contributed by atoms with Gasteiger partial charge in [-0.05, 0) is 72.2 Å². The number of carbonyl (C=O) groups excluding carboxylic acids is 4. The van der Waals surface area contributed by atoms with E-state index in [0.29, 0.717) is 97.7 Å². The molecule has 5 heterocycles. The standard InChI is InChI=1S/C51H65F3N6O10.Ga/c1-36-38(10-7-11-42(36)39-8-3-2-4-9-39)13-14-40-29-45(41(28-43(40)51(52,53)54)30-60-17-6-5-12-44(60)50(68)69)70-35-37-15-18-59(19-16-37)46(61)31-55-20-22-56(32-47(62)63)24-26-58(34-49(66)67)27-25-57(23-21-55)33-48(64)65;/h2-4,7-11,13-14,28-29,37,44H,5-6,12,15-27,30-35H2,1H3,(H,62,63)(H,64,65)(H,66,67)(H,68,69);/q;+3/p-3/b14-13+;/t44-;/m0./s1. The van der Waals surface area contributed by atoms with Gasteiger partial charge in [-0.1, -0.05) is 67.1 Å². The number of piperidine rings is 2. The number of nitrogens with zero attached hydrogens (tertiary/aromatic N) is 6. The molecular formula is C51H62F3GaN6O10. The van der Waals surface area contributed by atoms with Gasteiger partial charge in [-0.15, -0.1) is 0 Å². The van der Waals surface area contributed by atoms with Crippen molar-refractivity contribution in [3.63, 3.8) is 0 Å². The first kappa shape index (κ1) is 52.1. The molecule has 3 aromatic carbocycles. The minimum absolute atomic E-state index is 0.0137. The van der Waals surface area contributed by atoms with Crippen molar-refractivity contribution >= 4 is 59.2 Å². The van der Waals surface area contributed by atoms with Crippen molar-refractivity contribution in [1.29, 1.82) is 0 Å². The third-order valence-electron chi connectivity index (χ3n) is 14.2. The van der Waals surface area contributed by atoms with Crippen LogP contribution in [0.2, 0.25) is 0 Å². The number of carbonyl (C=O) groups is 5. The van der Waals surface area contributed by atoms with Gasteiger partial charge in [0.2, 0.25) is 0 Å². The van der Waals surface area contributed by atoms with E-state index in [1.807, 2.05) is 80.0 Å². The smallest absolute Gasteiger partial charge is 0.480 e. The Labute approximate surface area is 418 Å². The Morgan fingerprint density at radius 1 is 0.732 bits per heavy atom.